The lowest BCUT2D eigenvalue weighted by Gasteiger charge is -2.13. The van der Waals surface area contributed by atoms with Crippen molar-refractivity contribution in [1.29, 1.82) is 0 Å². The van der Waals surface area contributed by atoms with Gasteiger partial charge in [0.2, 0.25) is 0 Å². The molecule has 0 saturated heterocycles. The van der Waals surface area contributed by atoms with E-state index in [-0.39, 0.29) is 5.39 Å². The third-order valence-electron chi connectivity index (χ3n) is 3.01. The lowest BCUT2D eigenvalue weighted by atomic mass is 10.1. The van der Waals surface area contributed by atoms with E-state index in [9.17, 15) is 38.2 Å². The van der Waals surface area contributed by atoms with E-state index in [1.807, 2.05) is 0 Å². The second-order valence-electron chi connectivity index (χ2n) is 5.47. The number of fused-ring (bicyclic) bond motifs is 1. The Labute approximate surface area is 160 Å². The van der Waals surface area contributed by atoms with Gasteiger partial charge in [-0.25, -0.2) is 0 Å². The minimum Gasteiger partial charge on any atom is -0.379 e. The van der Waals surface area contributed by atoms with Crippen LogP contribution in [0.4, 0.5) is 0 Å². The topological polar surface area (TPSA) is 195 Å². The van der Waals surface area contributed by atoms with E-state index in [4.69, 9.17) is 4.55 Å². The van der Waals surface area contributed by atoms with E-state index in [1.54, 1.807) is 0 Å². The standard InChI is InChI=1S/C12H12O12S4/c1-25(13,14)23-10-4-7-3-8(27(17,18)19)5-12(28(20,21)22)9(7)6-11(10)24-26(2,15)16/h3-6H,1-2H3,(H,17,18,19)(H,20,21,22). The van der Waals surface area contributed by atoms with Crippen molar-refractivity contribution in [2.75, 3.05) is 12.5 Å². The predicted octanol–water partition coefficient (Wildman–Crippen LogP) is 0.0100. The zero-order valence-corrected chi connectivity index (χ0v) is 17.2. The van der Waals surface area contributed by atoms with Gasteiger partial charge in [-0.3, -0.25) is 9.11 Å². The molecule has 0 amide bonds. The number of hydrogen-bond acceptors (Lipinski definition) is 10. The van der Waals surface area contributed by atoms with E-state index in [0.717, 1.165) is 12.1 Å². The number of rotatable bonds is 6. The van der Waals surface area contributed by atoms with Crippen LogP contribution in [0.2, 0.25) is 0 Å². The van der Waals surface area contributed by atoms with Crippen molar-refractivity contribution in [3.8, 4) is 11.5 Å². The van der Waals surface area contributed by atoms with E-state index in [2.05, 4.69) is 8.37 Å². The van der Waals surface area contributed by atoms with Crippen LogP contribution in [0, 0.1) is 0 Å². The molecule has 0 unspecified atom stereocenters. The molecule has 0 heterocycles. The molecule has 16 heteroatoms. The fourth-order valence-corrected chi connectivity index (χ4v) is 4.39. The van der Waals surface area contributed by atoms with Gasteiger partial charge in [0.05, 0.1) is 17.4 Å². The van der Waals surface area contributed by atoms with Crippen LogP contribution in [0.3, 0.4) is 0 Å². The minimum atomic E-state index is -5.06. The molecule has 0 aromatic heterocycles. The van der Waals surface area contributed by atoms with Gasteiger partial charge in [-0.05, 0) is 29.7 Å². The first-order chi connectivity index (χ1) is 12.4. The summed E-state index contributed by atoms with van der Waals surface area (Å²) >= 11 is 0. The van der Waals surface area contributed by atoms with Crippen LogP contribution in [0.5, 0.6) is 11.5 Å². The maximum Gasteiger partial charge on any atom is 0.306 e. The maximum absolute atomic E-state index is 11.6. The van der Waals surface area contributed by atoms with E-state index < -0.39 is 67.1 Å². The molecule has 0 spiro atoms. The lowest BCUT2D eigenvalue weighted by molar-refractivity contribution is 0.456. The van der Waals surface area contributed by atoms with Crippen molar-refractivity contribution in [3.05, 3.63) is 24.3 Å². The van der Waals surface area contributed by atoms with Crippen molar-refractivity contribution in [1.82, 2.24) is 0 Å². The molecule has 0 aliphatic rings. The van der Waals surface area contributed by atoms with Crippen LogP contribution >= 0.6 is 0 Å². The highest BCUT2D eigenvalue weighted by atomic mass is 32.2. The normalized spacial score (nSPS) is 13.4. The Kier molecular flexibility index (Phi) is 5.43. The third-order valence-corrected chi connectivity index (χ3v) is 5.70. The summed E-state index contributed by atoms with van der Waals surface area (Å²) in [4.78, 5) is -1.95. The summed E-state index contributed by atoms with van der Waals surface area (Å²) in [5.41, 5.74) is 0. The molecule has 0 aliphatic carbocycles. The molecule has 28 heavy (non-hydrogen) atoms. The van der Waals surface area contributed by atoms with Gasteiger partial charge in [0.25, 0.3) is 20.2 Å². The van der Waals surface area contributed by atoms with Crippen molar-refractivity contribution in [2.45, 2.75) is 9.79 Å². The summed E-state index contributed by atoms with van der Waals surface area (Å²) in [7, 11) is -18.4. The van der Waals surface area contributed by atoms with Crippen LogP contribution in [0.15, 0.2) is 34.1 Å². The first-order valence-corrected chi connectivity index (χ1v) is 13.2. The molecule has 2 aromatic rings. The van der Waals surface area contributed by atoms with Gasteiger partial charge in [0, 0.05) is 5.39 Å². The quantitative estimate of drug-likeness (QED) is 0.419. The summed E-state index contributed by atoms with van der Waals surface area (Å²) in [6.07, 6.45) is 1.24. The van der Waals surface area contributed by atoms with Crippen molar-refractivity contribution >= 4 is 51.2 Å². The molecular formula is C12H12O12S4. The van der Waals surface area contributed by atoms with E-state index in [0.29, 0.717) is 24.6 Å². The van der Waals surface area contributed by atoms with Crippen LogP contribution in [0.1, 0.15) is 0 Å². The Morgan fingerprint density at radius 1 is 0.679 bits per heavy atom. The molecule has 2 rings (SSSR count). The smallest absolute Gasteiger partial charge is 0.306 e. The van der Waals surface area contributed by atoms with Gasteiger partial charge in [-0.1, -0.05) is 0 Å². The predicted molar refractivity (Wildman–Crippen MR) is 94.5 cm³/mol. The number of hydrogen-bond donors (Lipinski definition) is 2. The summed E-state index contributed by atoms with van der Waals surface area (Å²) in [5, 5.41) is -0.767. The van der Waals surface area contributed by atoms with Crippen LogP contribution in [0.25, 0.3) is 10.8 Å². The highest BCUT2D eigenvalue weighted by Gasteiger charge is 2.24. The fraction of sp³-hybridized carbons (Fsp3) is 0.167. The Hall–Kier alpha value is -1.98. The van der Waals surface area contributed by atoms with E-state index in [1.165, 1.54) is 0 Å². The largest absolute Gasteiger partial charge is 0.379 e. The van der Waals surface area contributed by atoms with Crippen molar-refractivity contribution < 1.29 is 51.1 Å². The first-order valence-electron chi connectivity index (χ1n) is 6.72. The molecule has 0 atom stereocenters. The van der Waals surface area contributed by atoms with Crippen LogP contribution in [-0.4, -0.2) is 55.3 Å². The number of benzene rings is 2. The Balaban J connectivity index is 3.02. The molecule has 156 valence electrons. The van der Waals surface area contributed by atoms with Crippen molar-refractivity contribution in [3.63, 3.8) is 0 Å². The molecule has 0 radical (unpaired) electrons. The monoisotopic (exact) mass is 476 g/mol. The lowest BCUT2D eigenvalue weighted by Crippen LogP contribution is -2.11. The Morgan fingerprint density at radius 2 is 1.14 bits per heavy atom. The maximum atomic E-state index is 11.6. The summed E-state index contributed by atoms with van der Waals surface area (Å²) in [6, 6.07) is 2.65. The van der Waals surface area contributed by atoms with Gasteiger partial charge >= 0.3 is 20.2 Å². The van der Waals surface area contributed by atoms with Crippen LogP contribution < -0.4 is 8.37 Å². The van der Waals surface area contributed by atoms with Gasteiger partial charge < -0.3 is 8.37 Å². The average molecular weight is 476 g/mol. The van der Waals surface area contributed by atoms with Gasteiger partial charge in [-0.15, -0.1) is 0 Å². The highest BCUT2D eigenvalue weighted by Crippen LogP contribution is 2.38. The van der Waals surface area contributed by atoms with E-state index >= 15 is 0 Å². The van der Waals surface area contributed by atoms with Gasteiger partial charge in [0.1, 0.15) is 4.90 Å². The summed E-state index contributed by atoms with van der Waals surface area (Å²) in [5.74, 6) is -1.46. The zero-order valence-electron chi connectivity index (χ0n) is 13.9. The molecule has 2 N–H and O–H groups in total. The summed E-state index contributed by atoms with van der Waals surface area (Å²) in [6.45, 7) is 0. The first kappa shape index (κ1) is 22.3. The van der Waals surface area contributed by atoms with Crippen LogP contribution in [-0.2, 0) is 40.5 Å². The van der Waals surface area contributed by atoms with Crippen molar-refractivity contribution in [2.24, 2.45) is 0 Å². The fourth-order valence-electron chi connectivity index (χ4n) is 2.13. The Bertz CT molecular complexity index is 1380. The molecule has 0 saturated carbocycles. The third kappa shape index (κ3) is 5.52. The second kappa shape index (κ2) is 6.82. The zero-order chi connectivity index (χ0) is 21.7. The molecule has 0 aliphatic heterocycles. The Morgan fingerprint density at radius 3 is 1.54 bits per heavy atom. The molecule has 12 nitrogen and oxygen atoms in total. The molecule has 2 aromatic carbocycles. The average Bonchev–Trinajstić information content (AvgIpc) is 2.41. The molecule has 0 fully saturated rings. The van der Waals surface area contributed by atoms with Gasteiger partial charge in [0.15, 0.2) is 11.5 Å². The minimum absolute atomic E-state index is 0.331. The SMILES string of the molecule is CS(=O)(=O)Oc1cc2cc(S(=O)(=O)O)cc(S(=O)(=O)O)c2cc1OS(C)(=O)=O. The second-order valence-corrected chi connectivity index (χ2v) is 11.4. The highest BCUT2D eigenvalue weighted by molar-refractivity contribution is 7.87. The van der Waals surface area contributed by atoms with Gasteiger partial charge in [-0.2, -0.15) is 33.7 Å². The molecular weight excluding hydrogens is 464 g/mol. The molecule has 0 bridgehead atoms. The summed E-state index contributed by atoms with van der Waals surface area (Å²) < 4.78 is 119.